The van der Waals surface area contributed by atoms with Crippen LogP contribution in [0.2, 0.25) is 18.1 Å². The Morgan fingerprint density at radius 3 is 2.42 bits per heavy atom. The third-order valence-electron chi connectivity index (χ3n) is 5.11. The van der Waals surface area contributed by atoms with Gasteiger partial charge in [0.1, 0.15) is 17.4 Å². The van der Waals surface area contributed by atoms with Gasteiger partial charge in [-0.25, -0.2) is 0 Å². The molecule has 0 bridgehead atoms. The molecule has 6 heteroatoms. The van der Waals surface area contributed by atoms with Crippen LogP contribution in [0, 0.1) is 0 Å². The van der Waals surface area contributed by atoms with Crippen molar-refractivity contribution in [3.8, 4) is 0 Å². The molecular weight excluding hydrogens is 322 g/mol. The van der Waals surface area contributed by atoms with Gasteiger partial charge in [-0.1, -0.05) is 40.5 Å². The first-order valence-electron chi connectivity index (χ1n) is 8.87. The number of amides is 1. The summed E-state index contributed by atoms with van der Waals surface area (Å²) < 4.78 is 6.25. The average molecular weight is 356 g/mol. The number of unbranched alkanes of at least 4 members (excludes halogenated alkanes) is 2. The van der Waals surface area contributed by atoms with E-state index >= 15 is 0 Å². The maximum atomic E-state index is 12.2. The van der Waals surface area contributed by atoms with Crippen molar-refractivity contribution >= 4 is 20.0 Å². The molecule has 0 aromatic heterocycles. The average Bonchev–Trinajstić information content (AvgIpc) is 2.72. The first-order chi connectivity index (χ1) is 10.9. The largest absolute Gasteiger partial charge is 0.509 e. The second kappa shape index (κ2) is 7.83. The number of rotatable bonds is 8. The highest BCUT2D eigenvalue weighted by atomic mass is 28.4. The maximum Gasteiger partial charge on any atom is 0.259 e. The number of hydrogen-bond acceptors (Lipinski definition) is 4. The van der Waals surface area contributed by atoms with Crippen LogP contribution in [0.4, 0.5) is 0 Å². The number of aliphatic hydroxyl groups is 1. The van der Waals surface area contributed by atoms with Gasteiger partial charge in [-0.05, 0) is 31.5 Å². The minimum atomic E-state index is -2.03. The summed E-state index contributed by atoms with van der Waals surface area (Å²) in [6.45, 7) is 14.5. The summed E-state index contributed by atoms with van der Waals surface area (Å²) in [6, 6.07) is -0.642. The molecule has 1 aliphatic rings. The van der Waals surface area contributed by atoms with Gasteiger partial charge in [0, 0.05) is 6.42 Å². The fraction of sp³-hybridized carbons (Fsp3) is 0.778. The molecule has 5 nitrogen and oxygen atoms in total. The van der Waals surface area contributed by atoms with Crippen molar-refractivity contribution in [2.24, 2.45) is 0 Å². The van der Waals surface area contributed by atoms with Crippen LogP contribution in [0.5, 0.6) is 0 Å². The quantitative estimate of drug-likeness (QED) is 0.394. The summed E-state index contributed by atoms with van der Waals surface area (Å²) in [7, 11) is -2.03. The van der Waals surface area contributed by atoms with Crippen LogP contribution in [0.15, 0.2) is 11.3 Å². The smallest absolute Gasteiger partial charge is 0.259 e. The lowest BCUT2D eigenvalue weighted by Crippen LogP contribution is -2.49. The van der Waals surface area contributed by atoms with E-state index in [0.717, 1.165) is 19.3 Å². The van der Waals surface area contributed by atoms with Crippen LogP contribution in [0.25, 0.3) is 0 Å². The van der Waals surface area contributed by atoms with Crippen molar-refractivity contribution in [2.45, 2.75) is 90.6 Å². The minimum Gasteiger partial charge on any atom is -0.509 e. The summed E-state index contributed by atoms with van der Waals surface area (Å²) in [4.78, 5) is 24.4. The molecule has 24 heavy (non-hydrogen) atoms. The molecule has 0 saturated heterocycles. The highest BCUT2D eigenvalue weighted by Crippen LogP contribution is 2.38. The van der Waals surface area contributed by atoms with E-state index in [-0.39, 0.29) is 28.3 Å². The molecule has 1 heterocycles. The van der Waals surface area contributed by atoms with Crippen molar-refractivity contribution < 1.29 is 19.1 Å². The number of carbonyl (C=O) groups is 2. The van der Waals surface area contributed by atoms with Crippen molar-refractivity contribution in [1.82, 2.24) is 5.32 Å². The normalized spacial score (nSPS) is 20.3. The molecule has 0 radical (unpaired) electrons. The van der Waals surface area contributed by atoms with E-state index in [1.165, 1.54) is 0 Å². The molecule has 1 amide bonds. The number of nitrogens with one attached hydrogen (secondary N) is 1. The van der Waals surface area contributed by atoms with Crippen molar-refractivity contribution in [1.29, 1.82) is 0 Å². The van der Waals surface area contributed by atoms with E-state index < -0.39 is 20.3 Å². The Kier molecular flexibility index (Phi) is 6.81. The summed E-state index contributed by atoms with van der Waals surface area (Å²) >= 11 is 0. The van der Waals surface area contributed by atoms with Gasteiger partial charge in [0.25, 0.3) is 5.91 Å². The van der Waals surface area contributed by atoms with Crippen LogP contribution < -0.4 is 5.32 Å². The van der Waals surface area contributed by atoms with E-state index in [4.69, 9.17) is 4.43 Å². The Bertz CT molecular complexity index is 520. The van der Waals surface area contributed by atoms with Crippen LogP contribution in [0.1, 0.15) is 60.3 Å². The molecule has 0 unspecified atom stereocenters. The lowest BCUT2D eigenvalue weighted by atomic mass is 10.0. The first kappa shape index (κ1) is 20.9. The molecule has 138 valence electrons. The Balaban J connectivity index is 2.87. The third-order valence-corrected chi connectivity index (χ3v) is 9.68. The fourth-order valence-corrected chi connectivity index (χ4v) is 3.95. The summed E-state index contributed by atoms with van der Waals surface area (Å²) in [5, 5.41) is 13.2. The zero-order chi connectivity index (χ0) is 18.7. The molecule has 2 atom stereocenters. The van der Waals surface area contributed by atoms with E-state index in [1.54, 1.807) is 0 Å². The summed E-state index contributed by atoms with van der Waals surface area (Å²) in [5.41, 5.74) is -0.0817. The molecule has 0 aromatic carbocycles. The Morgan fingerprint density at radius 2 is 1.92 bits per heavy atom. The lowest BCUT2D eigenvalue weighted by Gasteiger charge is -2.39. The summed E-state index contributed by atoms with van der Waals surface area (Å²) in [5.74, 6) is -0.919. The Morgan fingerprint density at radius 1 is 1.33 bits per heavy atom. The number of ketones is 1. The molecule has 0 aliphatic carbocycles. The van der Waals surface area contributed by atoms with Gasteiger partial charge in [0.2, 0.25) is 0 Å². The fourth-order valence-electron chi connectivity index (χ4n) is 2.53. The Hall–Kier alpha value is -1.14. The van der Waals surface area contributed by atoms with Crippen LogP contribution in [0.3, 0.4) is 0 Å². The van der Waals surface area contributed by atoms with Gasteiger partial charge in [0.05, 0.1) is 6.10 Å². The van der Waals surface area contributed by atoms with Crippen molar-refractivity contribution in [3.05, 3.63) is 11.3 Å². The van der Waals surface area contributed by atoms with Crippen LogP contribution >= 0.6 is 0 Å². The monoisotopic (exact) mass is 355 g/mol. The molecular formula is C18H33NO4Si. The maximum absolute atomic E-state index is 12.2. The Labute approximate surface area is 147 Å². The second-order valence-corrected chi connectivity index (χ2v) is 12.9. The highest BCUT2D eigenvalue weighted by molar-refractivity contribution is 6.74. The number of hydrogen-bond donors (Lipinski definition) is 2. The molecule has 1 aliphatic heterocycles. The standard InChI is InChI=1S/C18H33NO4Si/c1-8-9-10-11-13(20)14-16(21)15(19-17(14)22)12(2)23-24(6,7)18(3,4)5/h12,15,21H,8-11H2,1-7H3,(H,19,22)/t12-,15+/m1/s1. The SMILES string of the molecule is CCCCCC(=O)C1=C(O)[C@H]([C@@H](C)O[Si](C)(C)C(C)(C)C)NC1=O. The highest BCUT2D eigenvalue weighted by Gasteiger charge is 2.43. The van der Waals surface area contributed by atoms with E-state index in [0.29, 0.717) is 6.42 Å². The predicted molar refractivity (Wildman–Crippen MR) is 98.5 cm³/mol. The van der Waals surface area contributed by atoms with Gasteiger partial charge in [-0.2, -0.15) is 0 Å². The molecule has 1 rings (SSSR count). The predicted octanol–water partition coefficient (Wildman–Crippen LogP) is 3.86. The zero-order valence-electron chi connectivity index (χ0n) is 16.2. The van der Waals surface area contributed by atoms with Crippen LogP contribution in [-0.2, 0) is 14.0 Å². The topological polar surface area (TPSA) is 75.6 Å². The molecule has 2 N–H and O–H groups in total. The van der Waals surface area contributed by atoms with Gasteiger partial charge in [-0.15, -0.1) is 0 Å². The van der Waals surface area contributed by atoms with Crippen molar-refractivity contribution in [2.75, 3.05) is 0 Å². The minimum absolute atomic E-state index is 0.0298. The van der Waals surface area contributed by atoms with Gasteiger partial charge in [-0.3, -0.25) is 9.59 Å². The van der Waals surface area contributed by atoms with E-state index in [1.807, 2.05) is 6.92 Å². The number of carbonyl (C=O) groups excluding carboxylic acids is 2. The number of aliphatic hydroxyl groups excluding tert-OH is 1. The van der Waals surface area contributed by atoms with Crippen molar-refractivity contribution in [3.63, 3.8) is 0 Å². The molecule has 0 saturated carbocycles. The number of Topliss-reactive ketones (excluding diaryl/α,β-unsaturated/α-hetero) is 1. The molecule has 0 fully saturated rings. The van der Waals surface area contributed by atoms with Gasteiger partial charge in [0.15, 0.2) is 14.1 Å². The zero-order valence-corrected chi connectivity index (χ0v) is 17.2. The molecule has 0 spiro atoms. The van der Waals surface area contributed by atoms with Gasteiger partial charge >= 0.3 is 0 Å². The lowest BCUT2D eigenvalue weighted by molar-refractivity contribution is -0.122. The van der Waals surface area contributed by atoms with E-state index in [9.17, 15) is 14.7 Å². The molecule has 0 aromatic rings. The second-order valence-electron chi connectivity index (χ2n) is 8.17. The first-order valence-corrected chi connectivity index (χ1v) is 11.8. The summed E-state index contributed by atoms with van der Waals surface area (Å²) in [6.07, 6.45) is 2.60. The third kappa shape index (κ3) is 4.69. The van der Waals surface area contributed by atoms with Gasteiger partial charge < -0.3 is 14.8 Å². The van der Waals surface area contributed by atoms with E-state index in [2.05, 4.69) is 46.1 Å². The van der Waals surface area contributed by atoms with Crippen LogP contribution in [-0.4, -0.2) is 37.3 Å².